The first-order chi connectivity index (χ1) is 7.01. The number of hydrogen-bond donors (Lipinski definition) is 0. The summed E-state index contributed by atoms with van der Waals surface area (Å²) in [5.74, 6) is 0.386. The Balaban J connectivity index is 4.10. The maximum absolute atomic E-state index is 11.0. The Kier molecular flexibility index (Phi) is 7.14. The van der Waals surface area contributed by atoms with Crippen molar-refractivity contribution in [3.63, 3.8) is 0 Å². The second kappa shape index (κ2) is 7.52. The van der Waals surface area contributed by atoms with E-state index in [1.807, 2.05) is 25.3 Å². The summed E-state index contributed by atoms with van der Waals surface area (Å²) < 4.78 is 0. The lowest BCUT2D eigenvalue weighted by Crippen LogP contribution is -2.05. The van der Waals surface area contributed by atoms with Crippen molar-refractivity contribution in [1.29, 1.82) is 0 Å². The normalized spacial score (nSPS) is 13.4. The van der Waals surface area contributed by atoms with Crippen molar-refractivity contribution in [1.82, 2.24) is 0 Å². The molecule has 0 saturated heterocycles. The lowest BCUT2D eigenvalue weighted by molar-refractivity contribution is -0.120. The minimum Gasteiger partial charge on any atom is -0.300 e. The number of allylic oxidation sites excluding steroid dienone is 3. The zero-order valence-electron chi connectivity index (χ0n) is 9.88. The van der Waals surface area contributed by atoms with Crippen LogP contribution in [0.15, 0.2) is 35.8 Å². The van der Waals surface area contributed by atoms with E-state index in [1.165, 1.54) is 0 Å². The van der Waals surface area contributed by atoms with E-state index < -0.39 is 0 Å². The standard InChI is InChI=1S/C13H20OS/c1-6-13(15-5)9-10(2)7-8-11(3)12(4)14/h6,9,11H,1-2,7-8H2,3-5H3/b13-9+. The molecule has 0 N–H and O–H groups in total. The topological polar surface area (TPSA) is 17.1 Å². The van der Waals surface area contributed by atoms with Crippen LogP contribution in [-0.2, 0) is 4.79 Å². The molecule has 0 spiro atoms. The van der Waals surface area contributed by atoms with E-state index in [0.29, 0.717) is 0 Å². The minimum atomic E-state index is 0.136. The summed E-state index contributed by atoms with van der Waals surface area (Å²) in [6.45, 7) is 11.3. The average molecular weight is 224 g/mol. The maximum Gasteiger partial charge on any atom is 0.132 e. The minimum absolute atomic E-state index is 0.136. The smallest absolute Gasteiger partial charge is 0.132 e. The third kappa shape index (κ3) is 6.34. The number of Topliss-reactive ketones (excluding diaryl/α,β-unsaturated/α-hetero) is 1. The van der Waals surface area contributed by atoms with Gasteiger partial charge in [-0.2, -0.15) is 0 Å². The summed E-state index contributed by atoms with van der Waals surface area (Å²) in [6, 6.07) is 0. The van der Waals surface area contributed by atoms with Crippen LogP contribution < -0.4 is 0 Å². The fraction of sp³-hybridized carbons (Fsp3) is 0.462. The quantitative estimate of drug-likeness (QED) is 0.608. The molecule has 2 heteroatoms. The van der Waals surface area contributed by atoms with Gasteiger partial charge in [-0.3, -0.25) is 4.79 Å². The predicted octanol–water partition coefficient (Wildman–Crippen LogP) is 3.98. The Morgan fingerprint density at radius 3 is 2.53 bits per heavy atom. The van der Waals surface area contributed by atoms with Crippen molar-refractivity contribution in [2.75, 3.05) is 6.26 Å². The molecule has 0 aromatic rings. The zero-order chi connectivity index (χ0) is 11.8. The third-order valence-corrected chi connectivity index (χ3v) is 3.13. The molecule has 15 heavy (non-hydrogen) atoms. The molecule has 0 aromatic heterocycles. The van der Waals surface area contributed by atoms with Gasteiger partial charge < -0.3 is 0 Å². The van der Waals surface area contributed by atoms with Gasteiger partial charge in [-0.15, -0.1) is 11.8 Å². The molecule has 1 nitrogen and oxygen atoms in total. The van der Waals surface area contributed by atoms with Gasteiger partial charge in [0.2, 0.25) is 0 Å². The molecule has 84 valence electrons. The molecule has 0 saturated carbocycles. The van der Waals surface area contributed by atoms with Crippen molar-refractivity contribution in [2.45, 2.75) is 26.7 Å². The molecular formula is C13H20OS. The second-order valence-electron chi connectivity index (χ2n) is 3.66. The molecule has 1 unspecified atom stereocenters. The summed E-state index contributed by atoms with van der Waals surface area (Å²) in [5, 5.41) is 0. The van der Waals surface area contributed by atoms with E-state index in [9.17, 15) is 4.79 Å². The van der Waals surface area contributed by atoms with E-state index >= 15 is 0 Å². The van der Waals surface area contributed by atoms with Crippen LogP contribution in [0.4, 0.5) is 0 Å². The molecule has 0 rings (SSSR count). The van der Waals surface area contributed by atoms with Gasteiger partial charge >= 0.3 is 0 Å². The third-order valence-electron chi connectivity index (χ3n) is 2.38. The SMILES string of the molecule is C=C/C(=C\C(=C)CCC(C)C(C)=O)SC. The van der Waals surface area contributed by atoms with Crippen LogP contribution in [0.25, 0.3) is 0 Å². The largest absolute Gasteiger partial charge is 0.300 e. The number of thioether (sulfide) groups is 1. The summed E-state index contributed by atoms with van der Waals surface area (Å²) in [5.41, 5.74) is 1.06. The van der Waals surface area contributed by atoms with Crippen LogP contribution >= 0.6 is 11.8 Å². The Bertz CT molecular complexity index is 276. The highest BCUT2D eigenvalue weighted by atomic mass is 32.2. The van der Waals surface area contributed by atoms with Crippen LogP contribution in [0.2, 0.25) is 0 Å². The first kappa shape index (κ1) is 14.2. The summed E-state index contributed by atoms with van der Waals surface area (Å²) >= 11 is 1.65. The number of rotatable bonds is 7. The van der Waals surface area contributed by atoms with Crippen molar-refractivity contribution < 1.29 is 4.79 Å². The molecule has 0 aliphatic carbocycles. The fourth-order valence-electron chi connectivity index (χ4n) is 1.08. The van der Waals surface area contributed by atoms with E-state index in [4.69, 9.17) is 0 Å². The van der Waals surface area contributed by atoms with Crippen LogP contribution in [-0.4, -0.2) is 12.0 Å². The molecule has 0 aliphatic heterocycles. The van der Waals surface area contributed by atoms with Gasteiger partial charge in [0.1, 0.15) is 5.78 Å². The zero-order valence-corrected chi connectivity index (χ0v) is 10.7. The first-order valence-electron chi connectivity index (χ1n) is 5.07. The molecule has 0 aliphatic rings. The van der Waals surface area contributed by atoms with Crippen molar-refractivity contribution in [3.8, 4) is 0 Å². The summed E-state index contributed by atoms with van der Waals surface area (Å²) in [6.07, 6.45) is 7.62. The number of ketones is 1. The molecule has 0 radical (unpaired) electrons. The second-order valence-corrected chi connectivity index (χ2v) is 4.54. The van der Waals surface area contributed by atoms with Gasteiger partial charge in [-0.25, -0.2) is 0 Å². The van der Waals surface area contributed by atoms with Crippen LogP contribution in [0.5, 0.6) is 0 Å². The highest BCUT2D eigenvalue weighted by Gasteiger charge is 2.07. The molecule has 0 fully saturated rings. The monoisotopic (exact) mass is 224 g/mol. The Morgan fingerprint density at radius 1 is 1.53 bits per heavy atom. The van der Waals surface area contributed by atoms with Gasteiger partial charge in [0.05, 0.1) is 0 Å². The van der Waals surface area contributed by atoms with E-state index in [2.05, 4.69) is 13.2 Å². The fourth-order valence-corrected chi connectivity index (χ4v) is 1.53. The lowest BCUT2D eigenvalue weighted by Gasteiger charge is -2.07. The van der Waals surface area contributed by atoms with E-state index in [1.54, 1.807) is 18.7 Å². The predicted molar refractivity (Wildman–Crippen MR) is 70.0 cm³/mol. The molecule has 0 heterocycles. The maximum atomic E-state index is 11.0. The summed E-state index contributed by atoms with van der Waals surface area (Å²) in [7, 11) is 0. The molecule has 1 atom stereocenters. The molecule has 0 aromatic carbocycles. The van der Waals surface area contributed by atoms with E-state index in [-0.39, 0.29) is 11.7 Å². The van der Waals surface area contributed by atoms with Crippen molar-refractivity contribution in [2.24, 2.45) is 5.92 Å². The number of carbonyl (C=O) groups excluding carboxylic acids is 1. The highest BCUT2D eigenvalue weighted by molar-refractivity contribution is 8.02. The van der Waals surface area contributed by atoms with Crippen LogP contribution in [0.3, 0.4) is 0 Å². The van der Waals surface area contributed by atoms with Gasteiger partial charge in [-0.05, 0) is 32.1 Å². The highest BCUT2D eigenvalue weighted by Crippen LogP contribution is 2.18. The molecule has 0 amide bonds. The Hall–Kier alpha value is -0.760. The average Bonchev–Trinajstić information content (AvgIpc) is 2.22. The Morgan fingerprint density at radius 2 is 2.13 bits per heavy atom. The number of hydrogen-bond acceptors (Lipinski definition) is 2. The van der Waals surface area contributed by atoms with Gasteiger partial charge in [0.15, 0.2) is 0 Å². The number of carbonyl (C=O) groups is 1. The first-order valence-corrected chi connectivity index (χ1v) is 6.30. The summed E-state index contributed by atoms with van der Waals surface area (Å²) in [4.78, 5) is 12.1. The molecular weight excluding hydrogens is 204 g/mol. The Labute approximate surface area is 97.3 Å². The van der Waals surface area contributed by atoms with Crippen LogP contribution in [0.1, 0.15) is 26.7 Å². The van der Waals surface area contributed by atoms with Crippen LogP contribution in [0, 0.1) is 5.92 Å². The van der Waals surface area contributed by atoms with Crippen molar-refractivity contribution >= 4 is 17.5 Å². The van der Waals surface area contributed by atoms with E-state index in [0.717, 1.165) is 23.3 Å². The van der Waals surface area contributed by atoms with Gasteiger partial charge in [0.25, 0.3) is 0 Å². The van der Waals surface area contributed by atoms with Crippen molar-refractivity contribution in [3.05, 3.63) is 35.8 Å². The lowest BCUT2D eigenvalue weighted by atomic mass is 9.98. The molecule has 0 bridgehead atoms. The van der Waals surface area contributed by atoms with Gasteiger partial charge in [0, 0.05) is 10.8 Å². The van der Waals surface area contributed by atoms with Gasteiger partial charge in [-0.1, -0.05) is 31.7 Å².